The van der Waals surface area contributed by atoms with E-state index in [4.69, 9.17) is 4.98 Å². The molecule has 4 aromatic heterocycles. The average Bonchev–Trinajstić information content (AvgIpc) is 3.46. The third kappa shape index (κ3) is 3.19. The highest BCUT2D eigenvalue weighted by Crippen LogP contribution is 2.38. The predicted octanol–water partition coefficient (Wildman–Crippen LogP) is 4.67. The Hall–Kier alpha value is -2.04. The number of aromatic nitrogens is 6. The van der Waals surface area contributed by atoms with Crippen LogP contribution < -0.4 is 5.56 Å². The third-order valence-electron chi connectivity index (χ3n) is 5.05. The van der Waals surface area contributed by atoms with Crippen LogP contribution in [0.15, 0.2) is 32.8 Å². The van der Waals surface area contributed by atoms with Gasteiger partial charge in [0.1, 0.15) is 10.7 Å². The largest absolute Gasteiger partial charge is 0.309 e. The van der Waals surface area contributed by atoms with Crippen LogP contribution in [0.25, 0.3) is 20.7 Å². The summed E-state index contributed by atoms with van der Waals surface area (Å²) in [5.41, 5.74) is 0.869. The molecule has 0 unspecified atom stereocenters. The van der Waals surface area contributed by atoms with Gasteiger partial charge in [0, 0.05) is 15.8 Å². The Balaban J connectivity index is 1.45. The lowest BCUT2D eigenvalue weighted by Gasteiger charge is -2.13. The predicted molar refractivity (Wildman–Crippen MR) is 113 cm³/mol. The van der Waals surface area contributed by atoms with Gasteiger partial charge < -0.3 is 4.98 Å². The Bertz CT molecular complexity index is 1160. The standard InChI is InChI=1S/C18H18N6OS3/c1-10(28-18-21-22-23-24(18)11-5-2-3-6-11)15-19-16(25)14-12(9-27-17(14)20-15)13-7-4-8-26-13/h4,7-11H,2-3,5-6H2,1H3,(H,19,20,25)/t10-/m1/s1. The maximum absolute atomic E-state index is 12.8. The van der Waals surface area contributed by atoms with E-state index in [1.54, 1.807) is 11.3 Å². The minimum atomic E-state index is -0.0903. The van der Waals surface area contributed by atoms with Crippen molar-refractivity contribution < 1.29 is 0 Å². The van der Waals surface area contributed by atoms with Crippen molar-refractivity contribution in [1.82, 2.24) is 30.2 Å². The Labute approximate surface area is 173 Å². The van der Waals surface area contributed by atoms with Gasteiger partial charge in [-0.15, -0.1) is 27.8 Å². The summed E-state index contributed by atoms with van der Waals surface area (Å²) in [6.07, 6.45) is 4.69. The molecule has 0 amide bonds. The van der Waals surface area contributed by atoms with E-state index >= 15 is 0 Å². The van der Waals surface area contributed by atoms with E-state index < -0.39 is 0 Å². The van der Waals surface area contributed by atoms with Crippen molar-refractivity contribution in [3.63, 3.8) is 0 Å². The summed E-state index contributed by atoms with van der Waals surface area (Å²) in [5.74, 6) is 0.656. The van der Waals surface area contributed by atoms with Crippen molar-refractivity contribution >= 4 is 44.7 Å². The summed E-state index contributed by atoms with van der Waals surface area (Å²) in [6.45, 7) is 2.02. The van der Waals surface area contributed by atoms with E-state index in [1.807, 2.05) is 34.5 Å². The SMILES string of the molecule is C[C@@H](Sc1nnnn1C1CCCC1)c1nc2scc(-c3cccs3)c2c(=O)[nH]1. The van der Waals surface area contributed by atoms with Crippen molar-refractivity contribution in [1.29, 1.82) is 0 Å². The molecule has 10 heteroatoms. The van der Waals surface area contributed by atoms with Crippen molar-refractivity contribution in [3.8, 4) is 10.4 Å². The molecule has 1 saturated carbocycles. The van der Waals surface area contributed by atoms with Crippen LogP contribution in [0.4, 0.5) is 0 Å². The quantitative estimate of drug-likeness (QED) is 0.463. The van der Waals surface area contributed by atoms with Gasteiger partial charge in [-0.2, -0.15) is 0 Å². The van der Waals surface area contributed by atoms with E-state index in [2.05, 4.69) is 20.5 Å². The van der Waals surface area contributed by atoms with Gasteiger partial charge in [0.05, 0.1) is 16.7 Å². The van der Waals surface area contributed by atoms with Crippen molar-refractivity contribution in [2.24, 2.45) is 0 Å². The van der Waals surface area contributed by atoms with Gasteiger partial charge in [-0.1, -0.05) is 30.7 Å². The number of H-pyrrole nitrogens is 1. The van der Waals surface area contributed by atoms with Gasteiger partial charge in [-0.05, 0) is 41.6 Å². The second kappa shape index (κ2) is 7.41. The maximum Gasteiger partial charge on any atom is 0.260 e. The van der Waals surface area contributed by atoms with Gasteiger partial charge in [0.15, 0.2) is 0 Å². The number of hydrogen-bond donors (Lipinski definition) is 1. The average molecular weight is 431 g/mol. The molecule has 144 valence electrons. The van der Waals surface area contributed by atoms with Crippen LogP contribution in [0.1, 0.15) is 49.7 Å². The Morgan fingerprint density at radius 3 is 2.96 bits per heavy atom. The number of aromatic amines is 1. The second-order valence-electron chi connectivity index (χ2n) is 6.86. The number of thiophene rings is 2. The normalized spacial score (nSPS) is 16.2. The lowest BCUT2D eigenvalue weighted by molar-refractivity contribution is 0.422. The molecule has 0 spiro atoms. The monoisotopic (exact) mass is 430 g/mol. The molecule has 4 heterocycles. The summed E-state index contributed by atoms with van der Waals surface area (Å²) >= 11 is 4.68. The second-order valence-corrected chi connectivity index (χ2v) is 9.98. The molecule has 7 nitrogen and oxygen atoms in total. The molecule has 4 aromatic rings. The highest BCUT2D eigenvalue weighted by molar-refractivity contribution is 7.99. The van der Waals surface area contributed by atoms with Crippen LogP contribution in [0.2, 0.25) is 0 Å². The van der Waals surface area contributed by atoms with Gasteiger partial charge in [-0.3, -0.25) is 4.79 Å². The molecule has 1 aliphatic rings. The molecular formula is C18H18N6OS3. The van der Waals surface area contributed by atoms with Gasteiger partial charge in [0.2, 0.25) is 5.16 Å². The van der Waals surface area contributed by atoms with E-state index in [0.717, 1.165) is 33.3 Å². The first-order valence-electron chi connectivity index (χ1n) is 9.20. The summed E-state index contributed by atoms with van der Waals surface area (Å²) in [4.78, 5) is 22.4. The highest BCUT2D eigenvalue weighted by atomic mass is 32.2. The third-order valence-corrected chi connectivity index (χ3v) is 7.88. The smallest absolute Gasteiger partial charge is 0.260 e. The van der Waals surface area contributed by atoms with Gasteiger partial charge >= 0.3 is 0 Å². The first kappa shape index (κ1) is 18.0. The zero-order chi connectivity index (χ0) is 19.1. The Kier molecular flexibility index (Phi) is 4.77. The molecule has 0 bridgehead atoms. The molecule has 1 fully saturated rings. The minimum Gasteiger partial charge on any atom is -0.309 e. The summed E-state index contributed by atoms with van der Waals surface area (Å²) in [5, 5.41) is 17.7. The number of hydrogen-bond acceptors (Lipinski definition) is 8. The minimum absolute atomic E-state index is 0.0597. The first-order chi connectivity index (χ1) is 13.7. The number of nitrogens with one attached hydrogen (secondary N) is 1. The van der Waals surface area contributed by atoms with Crippen LogP contribution in [0, 0.1) is 0 Å². The molecule has 0 aromatic carbocycles. The number of rotatable bonds is 5. The maximum atomic E-state index is 12.8. The number of fused-ring (bicyclic) bond motifs is 1. The fraction of sp³-hybridized carbons (Fsp3) is 0.389. The van der Waals surface area contributed by atoms with Crippen LogP contribution in [0.5, 0.6) is 0 Å². The van der Waals surface area contributed by atoms with E-state index in [-0.39, 0.29) is 10.8 Å². The first-order valence-corrected chi connectivity index (χ1v) is 11.8. The molecular weight excluding hydrogens is 412 g/mol. The summed E-state index contributed by atoms with van der Waals surface area (Å²) < 4.78 is 1.94. The lowest BCUT2D eigenvalue weighted by Crippen LogP contribution is -2.13. The van der Waals surface area contributed by atoms with E-state index in [9.17, 15) is 4.79 Å². The molecule has 1 atom stereocenters. The highest BCUT2D eigenvalue weighted by Gasteiger charge is 2.24. The van der Waals surface area contributed by atoms with Crippen molar-refractivity contribution in [2.45, 2.75) is 49.1 Å². The fourth-order valence-corrected chi connectivity index (χ4v) is 6.31. The van der Waals surface area contributed by atoms with Gasteiger partial charge in [0.25, 0.3) is 5.56 Å². The van der Waals surface area contributed by atoms with Crippen molar-refractivity contribution in [2.75, 3.05) is 0 Å². The Morgan fingerprint density at radius 1 is 1.32 bits per heavy atom. The fourth-order valence-electron chi connectivity index (χ4n) is 3.63. The summed E-state index contributed by atoms with van der Waals surface area (Å²) in [6, 6.07) is 4.40. The zero-order valence-electron chi connectivity index (χ0n) is 15.2. The van der Waals surface area contributed by atoms with E-state index in [1.165, 1.54) is 35.9 Å². The molecule has 1 N–H and O–H groups in total. The van der Waals surface area contributed by atoms with Crippen molar-refractivity contribution in [3.05, 3.63) is 39.1 Å². The summed E-state index contributed by atoms with van der Waals surface area (Å²) in [7, 11) is 0. The van der Waals surface area contributed by atoms with Crippen LogP contribution in [-0.4, -0.2) is 30.2 Å². The van der Waals surface area contributed by atoms with Crippen LogP contribution in [-0.2, 0) is 0 Å². The molecule has 1 aliphatic carbocycles. The number of tetrazole rings is 1. The lowest BCUT2D eigenvalue weighted by atomic mass is 10.2. The molecule has 0 radical (unpaired) electrons. The number of nitrogens with zero attached hydrogens (tertiary/aromatic N) is 5. The molecule has 5 rings (SSSR count). The zero-order valence-corrected chi connectivity index (χ0v) is 17.6. The molecule has 0 saturated heterocycles. The number of thioether (sulfide) groups is 1. The van der Waals surface area contributed by atoms with Crippen LogP contribution >= 0.6 is 34.4 Å². The van der Waals surface area contributed by atoms with E-state index in [0.29, 0.717) is 17.3 Å². The van der Waals surface area contributed by atoms with Gasteiger partial charge in [-0.25, -0.2) is 9.67 Å². The molecule has 28 heavy (non-hydrogen) atoms. The topological polar surface area (TPSA) is 89.3 Å². The van der Waals surface area contributed by atoms with Crippen LogP contribution in [0.3, 0.4) is 0 Å². The molecule has 0 aliphatic heterocycles. The Morgan fingerprint density at radius 2 is 2.18 bits per heavy atom.